The summed E-state index contributed by atoms with van der Waals surface area (Å²) in [5.74, 6) is -0.600. The Hall–Kier alpha value is -3.86. The van der Waals surface area contributed by atoms with Crippen molar-refractivity contribution >= 4 is 69.4 Å². The normalized spacial score (nSPS) is 13.9. The lowest BCUT2D eigenvalue weighted by molar-refractivity contribution is -0.123. The van der Waals surface area contributed by atoms with Gasteiger partial charge < -0.3 is 14.8 Å². The molecule has 0 atom stereocenters. The van der Waals surface area contributed by atoms with E-state index in [1.165, 1.54) is 7.11 Å². The molecule has 1 fully saturated rings. The van der Waals surface area contributed by atoms with E-state index in [1.807, 2.05) is 38.1 Å². The van der Waals surface area contributed by atoms with Crippen LogP contribution in [0.25, 0.3) is 6.08 Å². The lowest BCUT2D eigenvalue weighted by Crippen LogP contribution is -2.44. The number of hydrogen-bond donors (Lipinski definition) is 2. The molecule has 0 aliphatic carbocycles. The van der Waals surface area contributed by atoms with Crippen molar-refractivity contribution in [2.45, 2.75) is 13.8 Å². The summed E-state index contributed by atoms with van der Waals surface area (Å²) in [7, 11) is 1.48. The van der Waals surface area contributed by atoms with Crippen LogP contribution in [0.2, 0.25) is 5.02 Å². The zero-order valence-corrected chi connectivity index (χ0v) is 23.6. The van der Waals surface area contributed by atoms with Crippen molar-refractivity contribution in [3.63, 3.8) is 0 Å². The van der Waals surface area contributed by atoms with E-state index >= 15 is 0 Å². The molecule has 3 aromatic carbocycles. The second-order valence-corrected chi connectivity index (χ2v) is 10.6. The van der Waals surface area contributed by atoms with E-state index in [-0.39, 0.29) is 27.4 Å². The molecule has 0 radical (unpaired) electrons. The summed E-state index contributed by atoms with van der Waals surface area (Å²) in [6.07, 6.45) is 1.63. The summed E-state index contributed by atoms with van der Waals surface area (Å²) in [6.45, 7) is 3.61. The van der Waals surface area contributed by atoms with E-state index < -0.39 is 11.8 Å². The number of amides is 3. The van der Waals surface area contributed by atoms with Crippen LogP contribution in [0.3, 0.4) is 0 Å². The minimum absolute atomic E-state index is 0.175. The third-order valence-electron chi connectivity index (χ3n) is 5.56. The van der Waals surface area contributed by atoms with E-state index in [0.29, 0.717) is 27.7 Å². The van der Waals surface area contributed by atoms with Crippen LogP contribution in [0.15, 0.2) is 65.6 Å². The van der Waals surface area contributed by atoms with Gasteiger partial charge in [-0.1, -0.05) is 53.2 Å². The number of thiocarbonyl (C=S) groups is 1. The van der Waals surface area contributed by atoms with Crippen LogP contribution >= 0.6 is 35.6 Å². The molecule has 200 valence electrons. The maximum Gasteiger partial charge on any atom is 0.285 e. The first-order chi connectivity index (χ1) is 18.6. The molecule has 2 N–H and O–H groups in total. The minimum atomic E-state index is -0.549. The Kier molecular flexibility index (Phi) is 8.90. The Labute approximate surface area is 240 Å². The SMILES string of the molecule is COc1cc(/C=C2/SC(=S)N(NC(=O)c3ccc(C)cc3Cl)C2=O)ccc1OCC(=O)Nc1ccc(C)cc1. The summed E-state index contributed by atoms with van der Waals surface area (Å²) in [4.78, 5) is 38.3. The molecule has 0 saturated carbocycles. The van der Waals surface area contributed by atoms with Gasteiger partial charge in [-0.3, -0.25) is 19.8 Å². The van der Waals surface area contributed by atoms with Crippen molar-refractivity contribution in [1.82, 2.24) is 10.4 Å². The van der Waals surface area contributed by atoms with Gasteiger partial charge >= 0.3 is 0 Å². The highest BCUT2D eigenvalue weighted by atomic mass is 35.5. The Morgan fingerprint density at radius 1 is 1.03 bits per heavy atom. The summed E-state index contributed by atoms with van der Waals surface area (Å²) < 4.78 is 11.2. The zero-order chi connectivity index (χ0) is 28.1. The topological polar surface area (TPSA) is 97.0 Å². The maximum absolute atomic E-state index is 13.0. The molecular weight excluding hydrogens is 558 g/mol. The van der Waals surface area contributed by atoms with Crippen LogP contribution < -0.4 is 20.2 Å². The highest BCUT2D eigenvalue weighted by molar-refractivity contribution is 8.26. The Bertz CT molecular complexity index is 1490. The van der Waals surface area contributed by atoms with Gasteiger partial charge in [0, 0.05) is 5.69 Å². The van der Waals surface area contributed by atoms with Gasteiger partial charge in [0.15, 0.2) is 22.4 Å². The van der Waals surface area contributed by atoms with Crippen molar-refractivity contribution in [3.05, 3.63) is 92.8 Å². The number of carbonyl (C=O) groups is 3. The molecule has 0 unspecified atom stereocenters. The average molecular weight is 582 g/mol. The van der Waals surface area contributed by atoms with Gasteiger partial charge in [-0.15, -0.1) is 0 Å². The molecule has 1 saturated heterocycles. The molecule has 0 spiro atoms. The molecule has 8 nitrogen and oxygen atoms in total. The van der Waals surface area contributed by atoms with Crippen LogP contribution in [0.1, 0.15) is 27.0 Å². The fourth-order valence-electron chi connectivity index (χ4n) is 3.55. The molecule has 3 aromatic rings. The lowest BCUT2D eigenvalue weighted by Gasteiger charge is -2.16. The fourth-order valence-corrected chi connectivity index (χ4v) is 5.05. The molecule has 1 aliphatic rings. The van der Waals surface area contributed by atoms with Crippen molar-refractivity contribution in [3.8, 4) is 11.5 Å². The summed E-state index contributed by atoms with van der Waals surface area (Å²) in [6, 6.07) is 17.5. The monoisotopic (exact) mass is 581 g/mol. The Balaban J connectivity index is 1.41. The quantitative estimate of drug-likeness (QED) is 0.267. The van der Waals surface area contributed by atoms with Crippen molar-refractivity contribution in [2.75, 3.05) is 19.0 Å². The van der Waals surface area contributed by atoms with E-state index in [4.69, 9.17) is 33.3 Å². The standard InChI is InChI=1S/C28H24ClN3O5S2/c1-16-4-8-19(9-5-16)30-25(33)15-37-22-11-7-18(13-23(22)36-3)14-24-27(35)32(28(38)39-24)31-26(34)20-10-6-17(2)12-21(20)29/h4-14H,15H2,1-3H3,(H,30,33)(H,31,34)/b24-14+. The molecule has 0 aromatic heterocycles. The second-order valence-electron chi connectivity index (χ2n) is 8.55. The van der Waals surface area contributed by atoms with Crippen LogP contribution in [0.4, 0.5) is 5.69 Å². The van der Waals surface area contributed by atoms with Gasteiger partial charge in [0.25, 0.3) is 17.7 Å². The predicted octanol–water partition coefficient (Wildman–Crippen LogP) is 5.53. The number of halogens is 1. The van der Waals surface area contributed by atoms with Crippen LogP contribution in [0.5, 0.6) is 11.5 Å². The Morgan fingerprint density at radius 3 is 2.44 bits per heavy atom. The van der Waals surface area contributed by atoms with Crippen molar-refractivity contribution < 1.29 is 23.9 Å². The maximum atomic E-state index is 13.0. The van der Waals surface area contributed by atoms with E-state index in [2.05, 4.69) is 10.7 Å². The highest BCUT2D eigenvalue weighted by Gasteiger charge is 2.34. The number of nitrogens with one attached hydrogen (secondary N) is 2. The number of ether oxygens (including phenoxy) is 2. The second kappa shape index (κ2) is 12.3. The number of thioether (sulfide) groups is 1. The molecule has 0 bridgehead atoms. The van der Waals surface area contributed by atoms with Gasteiger partial charge in [0.2, 0.25) is 0 Å². The van der Waals surface area contributed by atoms with Gasteiger partial charge in [0.1, 0.15) is 0 Å². The molecule has 11 heteroatoms. The molecule has 3 amide bonds. The average Bonchev–Trinajstić information content (AvgIpc) is 3.16. The number of hydrogen-bond acceptors (Lipinski definition) is 7. The van der Waals surface area contributed by atoms with E-state index in [9.17, 15) is 14.4 Å². The minimum Gasteiger partial charge on any atom is -0.493 e. The number of carbonyl (C=O) groups excluding carboxylic acids is 3. The van der Waals surface area contributed by atoms with Crippen LogP contribution in [-0.2, 0) is 9.59 Å². The Morgan fingerprint density at radius 2 is 1.74 bits per heavy atom. The largest absolute Gasteiger partial charge is 0.493 e. The van der Waals surface area contributed by atoms with Gasteiger partial charge in [0.05, 0.1) is 22.6 Å². The fraction of sp³-hybridized carbons (Fsp3) is 0.143. The number of benzene rings is 3. The summed E-state index contributed by atoms with van der Waals surface area (Å²) >= 11 is 12.5. The molecule has 1 aliphatic heterocycles. The number of rotatable bonds is 8. The highest BCUT2D eigenvalue weighted by Crippen LogP contribution is 2.34. The lowest BCUT2D eigenvalue weighted by atomic mass is 10.1. The molecule has 4 rings (SSSR count). The van der Waals surface area contributed by atoms with Crippen LogP contribution in [-0.4, -0.2) is 40.8 Å². The number of aryl methyl sites for hydroxylation is 2. The number of nitrogens with zero attached hydrogens (tertiary/aromatic N) is 1. The summed E-state index contributed by atoms with van der Waals surface area (Å²) in [5, 5.41) is 4.06. The first-order valence-electron chi connectivity index (χ1n) is 11.7. The van der Waals surface area contributed by atoms with Crippen molar-refractivity contribution in [2.24, 2.45) is 0 Å². The van der Waals surface area contributed by atoms with Crippen molar-refractivity contribution in [1.29, 1.82) is 0 Å². The van der Waals surface area contributed by atoms with Crippen LogP contribution in [0, 0.1) is 13.8 Å². The first-order valence-corrected chi connectivity index (χ1v) is 13.3. The van der Waals surface area contributed by atoms with Gasteiger partial charge in [-0.2, -0.15) is 5.01 Å². The number of anilines is 1. The third kappa shape index (κ3) is 6.97. The first kappa shape index (κ1) is 28.2. The predicted molar refractivity (Wildman–Crippen MR) is 157 cm³/mol. The van der Waals surface area contributed by atoms with E-state index in [0.717, 1.165) is 27.9 Å². The third-order valence-corrected chi connectivity index (χ3v) is 7.17. The smallest absolute Gasteiger partial charge is 0.285 e. The molecular formula is C28H24ClN3O5S2. The zero-order valence-electron chi connectivity index (χ0n) is 21.2. The molecule has 39 heavy (non-hydrogen) atoms. The number of hydrazine groups is 1. The van der Waals surface area contributed by atoms with Gasteiger partial charge in [-0.05, 0) is 79.7 Å². The molecule has 1 heterocycles. The number of methoxy groups -OCH3 is 1. The van der Waals surface area contributed by atoms with E-state index in [1.54, 1.807) is 42.5 Å². The summed E-state index contributed by atoms with van der Waals surface area (Å²) in [5.41, 5.74) is 6.06. The van der Waals surface area contributed by atoms with Gasteiger partial charge in [-0.25, -0.2) is 0 Å².